The molecule has 0 aliphatic rings. The van der Waals surface area contributed by atoms with Gasteiger partial charge in [-0.25, -0.2) is 0 Å². The quantitative estimate of drug-likeness (QED) is 0.429. The fourth-order valence-electron chi connectivity index (χ4n) is 1.12. The van der Waals surface area contributed by atoms with Crippen LogP contribution in [0.4, 0.5) is 0 Å². The van der Waals surface area contributed by atoms with E-state index in [1.165, 1.54) is 0 Å². The van der Waals surface area contributed by atoms with E-state index in [9.17, 15) is 0 Å². The maximum atomic E-state index is 5.47. The van der Waals surface area contributed by atoms with Crippen LogP contribution in [-0.4, -0.2) is 26.2 Å². The molecule has 0 aromatic heterocycles. The molecule has 0 radical (unpaired) electrons. The van der Waals surface area contributed by atoms with Crippen molar-refractivity contribution in [2.24, 2.45) is 0 Å². The molecule has 0 rings (SSSR count). The predicted octanol–water partition coefficient (Wildman–Crippen LogP) is 2.03. The van der Waals surface area contributed by atoms with E-state index in [-0.39, 0.29) is 0 Å². The first-order chi connectivity index (χ1) is 7.20. The van der Waals surface area contributed by atoms with Gasteiger partial charge in [-0.05, 0) is 13.1 Å². The van der Waals surface area contributed by atoms with E-state index in [1.807, 2.05) is 0 Å². The van der Waals surface area contributed by atoms with Crippen molar-refractivity contribution < 1.29 is 4.74 Å². The summed E-state index contributed by atoms with van der Waals surface area (Å²) in [6.07, 6.45) is 1.68. The molecule has 0 unspecified atom stereocenters. The summed E-state index contributed by atoms with van der Waals surface area (Å²) in [6.45, 7) is 15.7. The second kappa shape index (κ2) is 9.74. The van der Waals surface area contributed by atoms with Crippen LogP contribution in [0, 0.1) is 0 Å². The molecular formula is C12H24N2O. The molecule has 0 fully saturated rings. The highest BCUT2D eigenvalue weighted by molar-refractivity contribution is 4.94. The number of ether oxygens (including phenoxy) is 1. The maximum absolute atomic E-state index is 5.47. The molecule has 3 heteroatoms. The molecule has 3 nitrogen and oxygen atoms in total. The van der Waals surface area contributed by atoms with Crippen molar-refractivity contribution in [1.82, 2.24) is 10.6 Å². The molecule has 0 aliphatic carbocycles. The van der Waals surface area contributed by atoms with Crippen molar-refractivity contribution in [2.45, 2.75) is 26.7 Å². The standard InChI is InChI=1S/C12H24N2O/c1-5-13-9-7-11(3)15-12(4)8-10-14-6-2/h13-14H,3-10H2,1-2H3. The molecule has 15 heavy (non-hydrogen) atoms. The van der Waals surface area contributed by atoms with Crippen LogP contribution < -0.4 is 10.6 Å². The van der Waals surface area contributed by atoms with Gasteiger partial charge in [0.15, 0.2) is 0 Å². The van der Waals surface area contributed by atoms with Gasteiger partial charge in [0.25, 0.3) is 0 Å². The molecule has 0 amide bonds. The van der Waals surface area contributed by atoms with Crippen LogP contribution in [0.25, 0.3) is 0 Å². The van der Waals surface area contributed by atoms with Crippen molar-refractivity contribution in [1.29, 1.82) is 0 Å². The van der Waals surface area contributed by atoms with Crippen molar-refractivity contribution >= 4 is 0 Å². The Labute approximate surface area is 93.6 Å². The fourth-order valence-corrected chi connectivity index (χ4v) is 1.12. The molecule has 0 aromatic rings. The largest absolute Gasteiger partial charge is 0.467 e. The maximum Gasteiger partial charge on any atom is 0.0976 e. The second-order valence-electron chi connectivity index (χ2n) is 3.39. The molecule has 0 saturated heterocycles. The molecule has 0 atom stereocenters. The van der Waals surface area contributed by atoms with E-state index in [2.05, 4.69) is 37.6 Å². The first kappa shape index (κ1) is 14.2. The molecule has 0 bridgehead atoms. The van der Waals surface area contributed by atoms with Gasteiger partial charge in [-0.1, -0.05) is 27.0 Å². The molecule has 0 saturated carbocycles. The van der Waals surface area contributed by atoms with Gasteiger partial charge in [0.1, 0.15) is 0 Å². The SMILES string of the molecule is C=C(CCNCC)OC(=C)CCNCC. The molecule has 0 spiro atoms. The fraction of sp³-hybridized carbons (Fsp3) is 0.667. The van der Waals surface area contributed by atoms with Gasteiger partial charge in [-0.2, -0.15) is 0 Å². The van der Waals surface area contributed by atoms with Crippen LogP contribution in [0.15, 0.2) is 24.7 Å². The summed E-state index contributed by atoms with van der Waals surface area (Å²) in [5.41, 5.74) is 0. The first-order valence-corrected chi connectivity index (χ1v) is 5.65. The Morgan fingerprint density at radius 3 is 1.67 bits per heavy atom. The predicted molar refractivity (Wildman–Crippen MR) is 65.7 cm³/mol. The summed E-state index contributed by atoms with van der Waals surface area (Å²) in [5, 5.41) is 6.44. The summed E-state index contributed by atoms with van der Waals surface area (Å²) in [7, 11) is 0. The lowest BCUT2D eigenvalue weighted by Gasteiger charge is -2.11. The molecule has 0 heterocycles. The number of nitrogens with one attached hydrogen (secondary N) is 2. The number of hydrogen-bond donors (Lipinski definition) is 2. The molecule has 0 aliphatic heterocycles. The summed E-state index contributed by atoms with van der Waals surface area (Å²) in [5.74, 6) is 1.58. The van der Waals surface area contributed by atoms with Crippen LogP contribution in [0.5, 0.6) is 0 Å². The third kappa shape index (κ3) is 9.50. The minimum atomic E-state index is 0.789. The zero-order valence-corrected chi connectivity index (χ0v) is 10.1. The first-order valence-electron chi connectivity index (χ1n) is 5.65. The zero-order chi connectivity index (χ0) is 11.5. The lowest BCUT2D eigenvalue weighted by atomic mass is 10.3. The molecule has 0 aromatic carbocycles. The Balaban J connectivity index is 3.45. The molecule has 2 N–H and O–H groups in total. The Morgan fingerprint density at radius 2 is 1.33 bits per heavy atom. The minimum absolute atomic E-state index is 0.789. The highest BCUT2D eigenvalue weighted by Gasteiger charge is 1.99. The zero-order valence-electron chi connectivity index (χ0n) is 10.1. The second-order valence-corrected chi connectivity index (χ2v) is 3.39. The molecule has 88 valence electrons. The van der Waals surface area contributed by atoms with E-state index in [0.29, 0.717) is 0 Å². The highest BCUT2D eigenvalue weighted by Crippen LogP contribution is 2.08. The van der Waals surface area contributed by atoms with Crippen molar-refractivity contribution in [3.63, 3.8) is 0 Å². The van der Waals surface area contributed by atoms with Crippen LogP contribution in [0.1, 0.15) is 26.7 Å². The lowest BCUT2D eigenvalue weighted by molar-refractivity contribution is 0.279. The van der Waals surface area contributed by atoms with E-state index in [1.54, 1.807) is 0 Å². The Kier molecular flexibility index (Phi) is 9.22. The van der Waals surface area contributed by atoms with E-state index >= 15 is 0 Å². The molecular weight excluding hydrogens is 188 g/mol. The van der Waals surface area contributed by atoms with Crippen LogP contribution >= 0.6 is 0 Å². The van der Waals surface area contributed by atoms with Crippen LogP contribution in [-0.2, 0) is 4.74 Å². The lowest BCUT2D eigenvalue weighted by Crippen LogP contribution is -2.16. The van der Waals surface area contributed by atoms with Crippen LogP contribution in [0.2, 0.25) is 0 Å². The summed E-state index contributed by atoms with van der Waals surface area (Å²) in [6, 6.07) is 0. The highest BCUT2D eigenvalue weighted by atomic mass is 16.5. The summed E-state index contributed by atoms with van der Waals surface area (Å²) < 4.78 is 5.47. The smallest absolute Gasteiger partial charge is 0.0976 e. The summed E-state index contributed by atoms with van der Waals surface area (Å²) >= 11 is 0. The van der Waals surface area contributed by atoms with Gasteiger partial charge in [-0.3, -0.25) is 0 Å². The Bertz CT molecular complexity index is 170. The average Bonchev–Trinajstić information content (AvgIpc) is 2.18. The monoisotopic (exact) mass is 212 g/mol. The average molecular weight is 212 g/mol. The third-order valence-electron chi connectivity index (χ3n) is 1.95. The number of hydrogen-bond acceptors (Lipinski definition) is 3. The normalized spacial score (nSPS) is 10.0. The van der Waals surface area contributed by atoms with Gasteiger partial charge in [0.05, 0.1) is 11.5 Å². The Hall–Kier alpha value is -0.800. The minimum Gasteiger partial charge on any atom is -0.467 e. The summed E-state index contributed by atoms with van der Waals surface area (Å²) in [4.78, 5) is 0. The van der Waals surface area contributed by atoms with Gasteiger partial charge in [-0.15, -0.1) is 0 Å². The van der Waals surface area contributed by atoms with Crippen molar-refractivity contribution in [3.8, 4) is 0 Å². The van der Waals surface area contributed by atoms with E-state index in [4.69, 9.17) is 4.74 Å². The van der Waals surface area contributed by atoms with Gasteiger partial charge in [0.2, 0.25) is 0 Å². The van der Waals surface area contributed by atoms with E-state index < -0.39 is 0 Å². The topological polar surface area (TPSA) is 33.3 Å². The third-order valence-corrected chi connectivity index (χ3v) is 1.95. The van der Waals surface area contributed by atoms with E-state index in [0.717, 1.165) is 50.5 Å². The number of rotatable bonds is 10. The van der Waals surface area contributed by atoms with Crippen LogP contribution in [0.3, 0.4) is 0 Å². The van der Waals surface area contributed by atoms with Gasteiger partial charge >= 0.3 is 0 Å². The Morgan fingerprint density at radius 1 is 0.933 bits per heavy atom. The van der Waals surface area contributed by atoms with Crippen molar-refractivity contribution in [3.05, 3.63) is 24.7 Å². The van der Waals surface area contributed by atoms with Gasteiger partial charge < -0.3 is 15.4 Å². The van der Waals surface area contributed by atoms with Crippen molar-refractivity contribution in [2.75, 3.05) is 26.2 Å². The van der Waals surface area contributed by atoms with Gasteiger partial charge in [0, 0.05) is 25.9 Å².